The van der Waals surface area contributed by atoms with Gasteiger partial charge in [-0.3, -0.25) is 9.36 Å². The van der Waals surface area contributed by atoms with Crippen LogP contribution in [0.2, 0.25) is 0 Å². The number of aromatic nitrogens is 2. The number of halogens is 4. The Bertz CT molecular complexity index is 1130. The predicted molar refractivity (Wildman–Crippen MR) is 111 cm³/mol. The van der Waals surface area contributed by atoms with Crippen LogP contribution in [0.15, 0.2) is 51.7 Å². The summed E-state index contributed by atoms with van der Waals surface area (Å²) in [6, 6.07) is 10.1. The average molecular weight is 482 g/mol. The molecule has 30 heavy (non-hydrogen) atoms. The van der Waals surface area contributed by atoms with Gasteiger partial charge in [-0.15, -0.1) is 0 Å². The van der Waals surface area contributed by atoms with Crippen molar-refractivity contribution in [2.45, 2.75) is 37.9 Å². The Labute approximate surface area is 178 Å². The van der Waals surface area contributed by atoms with Crippen LogP contribution in [0.5, 0.6) is 0 Å². The van der Waals surface area contributed by atoms with Gasteiger partial charge in [0.1, 0.15) is 0 Å². The van der Waals surface area contributed by atoms with Crippen LogP contribution in [-0.2, 0) is 11.0 Å². The molecule has 158 valence electrons. The van der Waals surface area contributed by atoms with E-state index in [0.29, 0.717) is 31.4 Å². The molecule has 0 saturated heterocycles. The van der Waals surface area contributed by atoms with Crippen molar-refractivity contribution < 1.29 is 18.0 Å². The Morgan fingerprint density at radius 1 is 1.07 bits per heavy atom. The Morgan fingerprint density at radius 2 is 1.73 bits per heavy atom. The van der Waals surface area contributed by atoms with E-state index in [0.717, 1.165) is 27.6 Å². The van der Waals surface area contributed by atoms with Gasteiger partial charge < -0.3 is 10.3 Å². The van der Waals surface area contributed by atoms with Gasteiger partial charge in [-0.2, -0.15) is 13.2 Å². The number of hydrogen-bond acceptors (Lipinski definition) is 2. The number of nitrogens with one attached hydrogen (secondary N) is 2. The van der Waals surface area contributed by atoms with Crippen LogP contribution in [0.4, 0.5) is 18.9 Å². The molecule has 9 heteroatoms. The fourth-order valence-corrected chi connectivity index (χ4v) is 4.51. The predicted octanol–water partition coefficient (Wildman–Crippen LogP) is 5.48. The summed E-state index contributed by atoms with van der Waals surface area (Å²) in [5.41, 5.74) is 0.996. The highest BCUT2D eigenvalue weighted by Crippen LogP contribution is 2.35. The lowest BCUT2D eigenvalue weighted by atomic mass is 9.85. The second-order valence-corrected chi connectivity index (χ2v) is 8.36. The first-order valence-corrected chi connectivity index (χ1v) is 10.4. The van der Waals surface area contributed by atoms with Crippen LogP contribution in [0.25, 0.3) is 11.0 Å². The van der Waals surface area contributed by atoms with Crippen molar-refractivity contribution >= 4 is 38.6 Å². The maximum absolute atomic E-state index is 12.7. The fraction of sp³-hybridized carbons (Fsp3) is 0.333. The Morgan fingerprint density at radius 3 is 2.37 bits per heavy atom. The summed E-state index contributed by atoms with van der Waals surface area (Å²) < 4.78 is 40.5. The van der Waals surface area contributed by atoms with E-state index in [-0.39, 0.29) is 23.6 Å². The van der Waals surface area contributed by atoms with Crippen molar-refractivity contribution in [3.63, 3.8) is 0 Å². The molecule has 1 fully saturated rings. The summed E-state index contributed by atoms with van der Waals surface area (Å²) in [6.07, 6.45) is -1.86. The van der Waals surface area contributed by atoms with Gasteiger partial charge in [0, 0.05) is 22.1 Å². The number of imidazole rings is 1. The molecule has 3 aromatic rings. The van der Waals surface area contributed by atoms with Crippen molar-refractivity contribution in [1.82, 2.24) is 9.55 Å². The van der Waals surface area contributed by atoms with Crippen LogP contribution in [0.3, 0.4) is 0 Å². The van der Waals surface area contributed by atoms with E-state index in [2.05, 4.69) is 26.2 Å². The number of hydrogen-bond donors (Lipinski definition) is 2. The topological polar surface area (TPSA) is 66.9 Å². The van der Waals surface area contributed by atoms with Crippen molar-refractivity contribution in [3.05, 3.63) is 63.0 Å². The molecule has 0 radical (unpaired) electrons. The number of nitrogens with zero attached hydrogens (tertiary/aromatic N) is 1. The average Bonchev–Trinajstić information content (AvgIpc) is 3.05. The molecule has 1 aliphatic carbocycles. The van der Waals surface area contributed by atoms with Gasteiger partial charge in [0.2, 0.25) is 5.91 Å². The van der Waals surface area contributed by atoms with Crippen LogP contribution >= 0.6 is 15.9 Å². The van der Waals surface area contributed by atoms with Crippen molar-refractivity contribution in [2.75, 3.05) is 5.32 Å². The zero-order chi connectivity index (χ0) is 21.5. The number of anilines is 1. The lowest BCUT2D eigenvalue weighted by molar-refractivity contribution is -0.137. The monoisotopic (exact) mass is 481 g/mol. The molecule has 5 nitrogen and oxygen atoms in total. The highest BCUT2D eigenvalue weighted by Gasteiger charge is 2.31. The summed E-state index contributed by atoms with van der Waals surface area (Å²) in [5.74, 6) is -0.446. The van der Waals surface area contributed by atoms with Crippen LogP contribution in [-0.4, -0.2) is 15.5 Å². The molecule has 0 bridgehead atoms. The molecule has 0 atom stereocenters. The normalized spacial score (nSPS) is 19.7. The first-order valence-electron chi connectivity index (χ1n) is 9.61. The quantitative estimate of drug-likeness (QED) is 0.519. The summed E-state index contributed by atoms with van der Waals surface area (Å²) in [5, 5.41) is 2.70. The third-order valence-electron chi connectivity index (χ3n) is 5.61. The summed E-state index contributed by atoms with van der Waals surface area (Å²) in [6.45, 7) is 0. The highest BCUT2D eigenvalue weighted by atomic mass is 79.9. The molecule has 1 heterocycles. The minimum Gasteiger partial charge on any atom is -0.326 e. The molecule has 1 saturated carbocycles. The SMILES string of the molecule is O=C(Nc1ccc(C(F)(F)F)cc1)C1CCC(n2c(=O)[nH]c3c(Br)cccc32)CC1. The first-order chi connectivity index (χ1) is 14.2. The molecule has 0 spiro atoms. The van der Waals surface area contributed by atoms with Gasteiger partial charge in [-0.1, -0.05) is 6.07 Å². The molecule has 2 N–H and O–H groups in total. The van der Waals surface area contributed by atoms with E-state index in [4.69, 9.17) is 0 Å². The molecular formula is C21H19BrF3N3O2. The van der Waals surface area contributed by atoms with E-state index in [1.807, 2.05) is 18.2 Å². The molecule has 1 amide bonds. The van der Waals surface area contributed by atoms with Crippen LogP contribution in [0.1, 0.15) is 37.3 Å². The Hall–Kier alpha value is -2.55. The second kappa shape index (κ2) is 7.94. The van der Waals surface area contributed by atoms with E-state index in [9.17, 15) is 22.8 Å². The number of fused-ring (bicyclic) bond motifs is 1. The van der Waals surface area contributed by atoms with E-state index in [1.54, 1.807) is 4.57 Å². The minimum absolute atomic E-state index is 0.00401. The van der Waals surface area contributed by atoms with Crippen molar-refractivity contribution in [3.8, 4) is 0 Å². The Balaban J connectivity index is 1.41. The largest absolute Gasteiger partial charge is 0.416 e. The lowest BCUT2D eigenvalue weighted by Gasteiger charge is -2.28. The van der Waals surface area contributed by atoms with E-state index < -0.39 is 11.7 Å². The van der Waals surface area contributed by atoms with Crippen molar-refractivity contribution in [1.29, 1.82) is 0 Å². The van der Waals surface area contributed by atoms with Gasteiger partial charge >= 0.3 is 11.9 Å². The lowest BCUT2D eigenvalue weighted by Crippen LogP contribution is -2.31. The molecule has 1 aromatic heterocycles. The van der Waals surface area contributed by atoms with Crippen LogP contribution in [0, 0.1) is 5.92 Å². The number of alkyl halides is 3. The van der Waals surface area contributed by atoms with E-state index in [1.165, 1.54) is 12.1 Å². The number of benzene rings is 2. The number of carbonyl (C=O) groups is 1. The molecule has 0 unspecified atom stereocenters. The zero-order valence-corrected chi connectivity index (χ0v) is 17.4. The number of H-pyrrole nitrogens is 1. The zero-order valence-electron chi connectivity index (χ0n) is 15.8. The molecule has 1 aliphatic rings. The van der Waals surface area contributed by atoms with Gasteiger partial charge in [0.15, 0.2) is 0 Å². The first kappa shape index (κ1) is 20.7. The highest BCUT2D eigenvalue weighted by molar-refractivity contribution is 9.10. The number of rotatable bonds is 3. The van der Waals surface area contributed by atoms with Gasteiger partial charge in [-0.05, 0) is 78.0 Å². The molecule has 2 aromatic carbocycles. The molecular weight excluding hydrogens is 463 g/mol. The standard InChI is InChI=1S/C21H19BrF3N3O2/c22-16-2-1-3-17-18(16)27-20(30)28(17)15-10-4-12(5-11-15)19(29)26-14-8-6-13(7-9-14)21(23,24)25/h1-3,6-9,12,15H,4-5,10-11H2,(H,26,29)(H,27,30). The number of para-hydroxylation sites is 1. The summed E-state index contributed by atoms with van der Waals surface area (Å²) >= 11 is 3.44. The maximum atomic E-state index is 12.7. The third kappa shape index (κ3) is 4.03. The minimum atomic E-state index is -4.41. The Kier molecular flexibility index (Phi) is 5.48. The second-order valence-electron chi connectivity index (χ2n) is 7.50. The summed E-state index contributed by atoms with van der Waals surface area (Å²) in [7, 11) is 0. The third-order valence-corrected chi connectivity index (χ3v) is 6.28. The van der Waals surface area contributed by atoms with Crippen LogP contribution < -0.4 is 11.0 Å². The van der Waals surface area contributed by atoms with Gasteiger partial charge in [0.25, 0.3) is 0 Å². The summed E-state index contributed by atoms with van der Waals surface area (Å²) in [4.78, 5) is 27.9. The number of aromatic amines is 1. The van der Waals surface area contributed by atoms with Gasteiger partial charge in [-0.25, -0.2) is 4.79 Å². The number of carbonyl (C=O) groups excluding carboxylic acids is 1. The van der Waals surface area contributed by atoms with Crippen molar-refractivity contribution in [2.24, 2.45) is 5.92 Å². The number of amides is 1. The maximum Gasteiger partial charge on any atom is 0.416 e. The van der Waals surface area contributed by atoms with Gasteiger partial charge in [0.05, 0.1) is 16.6 Å². The fourth-order valence-electron chi connectivity index (χ4n) is 4.06. The molecule has 4 rings (SSSR count). The van der Waals surface area contributed by atoms with E-state index >= 15 is 0 Å². The smallest absolute Gasteiger partial charge is 0.326 e. The molecule has 0 aliphatic heterocycles.